The quantitative estimate of drug-likeness (QED) is 0.220. The van der Waals surface area contributed by atoms with Gasteiger partial charge in [-0.05, 0) is 110 Å². The molecule has 4 nitrogen and oxygen atoms in total. The van der Waals surface area contributed by atoms with E-state index in [9.17, 15) is 4.55 Å². The van der Waals surface area contributed by atoms with Crippen molar-refractivity contribution in [2.75, 3.05) is 44.2 Å². The van der Waals surface area contributed by atoms with E-state index < -0.39 is 11.2 Å². The van der Waals surface area contributed by atoms with Gasteiger partial charge in [0, 0.05) is 26.2 Å². The summed E-state index contributed by atoms with van der Waals surface area (Å²) in [5.74, 6) is 2.38. The van der Waals surface area contributed by atoms with E-state index in [0.717, 1.165) is 49.9 Å². The van der Waals surface area contributed by atoms with E-state index in [1.165, 1.54) is 76.9 Å². The third-order valence-corrected chi connectivity index (χ3v) is 10.5. The Bertz CT molecular complexity index is 1380. The van der Waals surface area contributed by atoms with Gasteiger partial charge in [0.15, 0.2) is 0 Å². The molecule has 0 spiro atoms. The first-order chi connectivity index (χ1) is 20.4. The molecular weight excluding hydrogens is 560 g/mol. The van der Waals surface area contributed by atoms with Gasteiger partial charge in [0.05, 0.1) is 5.02 Å². The molecule has 3 aromatic carbocycles. The molecule has 224 valence electrons. The highest BCUT2D eigenvalue weighted by molar-refractivity contribution is 7.91. The molecule has 0 bridgehead atoms. The Hall–Kier alpha value is -2.28. The second kappa shape index (κ2) is 14.9. The predicted molar refractivity (Wildman–Crippen MR) is 179 cm³/mol. The van der Waals surface area contributed by atoms with Crippen LogP contribution in [0.5, 0.6) is 5.75 Å². The number of likely N-dealkylation sites (tertiary alicyclic amines) is 1. The van der Waals surface area contributed by atoms with Crippen molar-refractivity contribution in [3.8, 4) is 16.9 Å². The molecule has 0 aromatic heterocycles. The third-order valence-electron chi connectivity index (χ3n) is 8.91. The van der Waals surface area contributed by atoms with Crippen molar-refractivity contribution in [1.82, 2.24) is 9.80 Å². The maximum Gasteiger partial charge on any atom is 0.138 e. The molecule has 0 amide bonds. The van der Waals surface area contributed by atoms with Crippen molar-refractivity contribution in [3.05, 3.63) is 93.0 Å². The topological polar surface area (TPSA) is 38.8 Å². The van der Waals surface area contributed by atoms with Crippen LogP contribution >= 0.6 is 11.6 Å². The van der Waals surface area contributed by atoms with Gasteiger partial charge in [-0.2, -0.15) is 0 Å². The number of halogens is 1. The number of rotatable bonds is 10. The molecule has 0 saturated carbocycles. The molecule has 3 aromatic rings. The molecular formula is C36H45ClN2O2S. The van der Waals surface area contributed by atoms with Crippen molar-refractivity contribution >= 4 is 28.9 Å². The summed E-state index contributed by atoms with van der Waals surface area (Å²) in [7, 11) is 0. The number of benzene rings is 3. The SMILES string of the molecule is Cc1cc(OCc2cccc(-c3cccc(/C=C/CCN4CC[S+]([O-])CC4)c3C)c2C)c(Cl)cc1CN1CCCCC1. The second-order valence-electron chi connectivity index (χ2n) is 11.8. The van der Waals surface area contributed by atoms with Crippen LogP contribution < -0.4 is 4.74 Å². The maximum atomic E-state index is 11.6. The third kappa shape index (κ3) is 8.00. The highest BCUT2D eigenvalue weighted by Gasteiger charge is 2.18. The summed E-state index contributed by atoms with van der Waals surface area (Å²) in [5.41, 5.74) is 9.96. The smallest absolute Gasteiger partial charge is 0.138 e. The van der Waals surface area contributed by atoms with Crippen molar-refractivity contribution in [3.63, 3.8) is 0 Å². The van der Waals surface area contributed by atoms with E-state index in [0.29, 0.717) is 11.6 Å². The Labute approximate surface area is 260 Å². The summed E-state index contributed by atoms with van der Waals surface area (Å²) < 4.78 is 17.9. The zero-order chi connectivity index (χ0) is 29.5. The Kier molecular flexibility index (Phi) is 11.1. The molecule has 0 radical (unpaired) electrons. The van der Waals surface area contributed by atoms with Gasteiger partial charge in [0.25, 0.3) is 0 Å². The van der Waals surface area contributed by atoms with Gasteiger partial charge in [-0.15, -0.1) is 0 Å². The lowest BCUT2D eigenvalue weighted by Crippen LogP contribution is -2.40. The van der Waals surface area contributed by atoms with Gasteiger partial charge in [0.2, 0.25) is 0 Å². The molecule has 6 heteroatoms. The molecule has 2 aliphatic heterocycles. The highest BCUT2D eigenvalue weighted by Crippen LogP contribution is 2.33. The summed E-state index contributed by atoms with van der Waals surface area (Å²) in [6, 6.07) is 17.3. The van der Waals surface area contributed by atoms with Crippen molar-refractivity contribution in [2.24, 2.45) is 0 Å². The van der Waals surface area contributed by atoms with Crippen LogP contribution in [0.4, 0.5) is 0 Å². The lowest BCUT2D eigenvalue weighted by molar-refractivity contribution is 0.220. The largest absolute Gasteiger partial charge is 0.616 e. The summed E-state index contributed by atoms with van der Waals surface area (Å²) >= 11 is 6.11. The zero-order valence-electron chi connectivity index (χ0n) is 25.5. The first kappa shape index (κ1) is 31.2. The molecule has 0 unspecified atom stereocenters. The van der Waals surface area contributed by atoms with Gasteiger partial charge in [-0.1, -0.05) is 77.7 Å². The van der Waals surface area contributed by atoms with Crippen LogP contribution in [-0.4, -0.2) is 58.6 Å². The number of hydrogen-bond acceptors (Lipinski definition) is 4. The molecule has 2 aliphatic rings. The maximum absolute atomic E-state index is 11.6. The minimum Gasteiger partial charge on any atom is -0.616 e. The van der Waals surface area contributed by atoms with Crippen LogP contribution in [-0.2, 0) is 24.3 Å². The molecule has 2 fully saturated rings. The standard InChI is InChI=1S/C36H45ClN2O2S/c1-27-23-36(35(37)24-32(27)25-39-17-6-4-7-18-39)41-26-31-13-10-15-34(29(31)3)33-14-9-12-30(28(33)2)11-5-8-16-38-19-21-42(40)22-20-38/h5,9-15,23-24H,4,6-8,16-22,25-26H2,1-3H3/b11-5+. The van der Waals surface area contributed by atoms with Gasteiger partial charge in [-0.3, -0.25) is 9.80 Å². The average molecular weight is 605 g/mol. The Morgan fingerprint density at radius 2 is 1.57 bits per heavy atom. The van der Waals surface area contributed by atoms with Gasteiger partial charge in [-0.25, -0.2) is 0 Å². The minimum absolute atomic E-state index is 0.479. The molecule has 42 heavy (non-hydrogen) atoms. The number of piperidine rings is 1. The summed E-state index contributed by atoms with van der Waals surface area (Å²) in [5, 5.41) is 0.687. The van der Waals surface area contributed by atoms with E-state index in [4.69, 9.17) is 16.3 Å². The van der Waals surface area contributed by atoms with Gasteiger partial charge < -0.3 is 9.29 Å². The van der Waals surface area contributed by atoms with Crippen molar-refractivity contribution in [1.29, 1.82) is 0 Å². The molecule has 5 rings (SSSR count). The average Bonchev–Trinajstić information content (AvgIpc) is 2.99. The first-order valence-corrected chi connectivity index (χ1v) is 17.3. The second-order valence-corrected chi connectivity index (χ2v) is 13.9. The number of hydrogen-bond donors (Lipinski definition) is 0. The van der Waals surface area contributed by atoms with Crippen LogP contribution in [0, 0.1) is 20.8 Å². The van der Waals surface area contributed by atoms with Crippen molar-refractivity contribution < 1.29 is 9.29 Å². The zero-order valence-corrected chi connectivity index (χ0v) is 27.0. The molecule has 0 atom stereocenters. The lowest BCUT2D eigenvalue weighted by atomic mass is 9.91. The van der Waals surface area contributed by atoms with Crippen molar-refractivity contribution in [2.45, 2.75) is 59.6 Å². The Balaban J connectivity index is 1.24. The van der Waals surface area contributed by atoms with E-state index in [-0.39, 0.29) is 0 Å². The summed E-state index contributed by atoms with van der Waals surface area (Å²) in [4.78, 5) is 4.95. The lowest BCUT2D eigenvalue weighted by Gasteiger charge is -2.27. The molecule has 0 N–H and O–H groups in total. The van der Waals surface area contributed by atoms with E-state index in [1.54, 1.807) is 0 Å². The Morgan fingerprint density at radius 1 is 0.857 bits per heavy atom. The normalized spacial score (nSPS) is 17.3. The molecule has 2 saturated heterocycles. The Morgan fingerprint density at radius 3 is 2.33 bits per heavy atom. The van der Waals surface area contributed by atoms with Gasteiger partial charge in [0.1, 0.15) is 23.9 Å². The van der Waals surface area contributed by atoms with Gasteiger partial charge >= 0.3 is 0 Å². The van der Waals surface area contributed by atoms with Crippen LogP contribution in [0.1, 0.15) is 59.1 Å². The van der Waals surface area contributed by atoms with Crippen LogP contribution in [0.25, 0.3) is 17.2 Å². The minimum atomic E-state index is -0.617. The molecule has 0 aliphatic carbocycles. The van der Waals surface area contributed by atoms with E-state index in [2.05, 4.69) is 91.3 Å². The number of aryl methyl sites for hydroxylation is 1. The fraction of sp³-hybridized carbons (Fsp3) is 0.444. The number of ether oxygens (including phenoxy) is 1. The van der Waals surface area contributed by atoms with E-state index in [1.807, 2.05) is 0 Å². The monoisotopic (exact) mass is 604 g/mol. The van der Waals surface area contributed by atoms with Crippen LogP contribution in [0.3, 0.4) is 0 Å². The number of nitrogens with zero attached hydrogens (tertiary/aromatic N) is 2. The fourth-order valence-corrected chi connectivity index (χ4v) is 7.48. The van der Waals surface area contributed by atoms with E-state index >= 15 is 0 Å². The van der Waals surface area contributed by atoms with Crippen LogP contribution in [0.2, 0.25) is 5.02 Å². The highest BCUT2D eigenvalue weighted by atomic mass is 35.5. The summed E-state index contributed by atoms with van der Waals surface area (Å²) in [6.07, 6.45) is 9.45. The molecule has 2 heterocycles. The first-order valence-electron chi connectivity index (χ1n) is 15.5. The fourth-order valence-electron chi connectivity index (χ4n) is 6.12. The predicted octanol–water partition coefficient (Wildman–Crippen LogP) is 7.96. The summed E-state index contributed by atoms with van der Waals surface area (Å²) in [6.45, 7) is 13.3. The van der Waals surface area contributed by atoms with Crippen LogP contribution in [0.15, 0.2) is 54.6 Å².